The predicted octanol–water partition coefficient (Wildman–Crippen LogP) is 1.49. The Morgan fingerprint density at radius 1 is 1.53 bits per heavy atom. The molecule has 2 aromatic rings. The number of fused-ring (bicyclic) bond motifs is 1. The van der Waals surface area contributed by atoms with Gasteiger partial charge in [-0.3, -0.25) is 10.1 Å². The second-order valence-corrected chi connectivity index (χ2v) is 3.10. The number of nitrogens with zero attached hydrogens (tertiary/aromatic N) is 3. The van der Waals surface area contributed by atoms with Crippen LogP contribution in [0.4, 0.5) is 5.69 Å². The molecule has 0 aliphatic heterocycles. The summed E-state index contributed by atoms with van der Waals surface area (Å²) in [5, 5.41) is 10.9. The molecule has 1 aromatic heterocycles. The molecule has 0 amide bonds. The minimum atomic E-state index is -0.456. The normalized spacial score (nSPS) is 10.5. The van der Waals surface area contributed by atoms with Gasteiger partial charge in [0.1, 0.15) is 0 Å². The molecule has 0 saturated carbocycles. The van der Waals surface area contributed by atoms with Crippen molar-refractivity contribution < 1.29 is 9.66 Å². The van der Waals surface area contributed by atoms with Crippen LogP contribution in [0, 0.1) is 10.1 Å². The number of nitro benzene ring substituents is 1. The maximum absolute atomic E-state index is 10.9. The first kappa shape index (κ1) is 9.45. The van der Waals surface area contributed by atoms with Gasteiger partial charge >= 0.3 is 5.69 Å². The molecule has 2 rings (SSSR count). The Bertz CT molecular complexity index is 533. The van der Waals surface area contributed by atoms with Gasteiger partial charge in [0.05, 0.1) is 23.9 Å². The number of hydrogen-bond acceptors (Lipinski definition) is 4. The summed E-state index contributed by atoms with van der Waals surface area (Å²) in [4.78, 5) is 14.5. The van der Waals surface area contributed by atoms with Crippen LogP contribution in [0.3, 0.4) is 0 Å². The van der Waals surface area contributed by atoms with E-state index in [4.69, 9.17) is 4.74 Å². The van der Waals surface area contributed by atoms with Crippen molar-refractivity contribution in [3.8, 4) is 5.75 Å². The van der Waals surface area contributed by atoms with E-state index in [1.54, 1.807) is 23.7 Å². The molecule has 6 heteroatoms. The van der Waals surface area contributed by atoms with Crippen LogP contribution in [0.25, 0.3) is 11.0 Å². The van der Waals surface area contributed by atoms with E-state index in [1.807, 2.05) is 0 Å². The number of rotatable bonds is 2. The highest BCUT2D eigenvalue weighted by atomic mass is 16.6. The van der Waals surface area contributed by atoms with Gasteiger partial charge in [0.15, 0.2) is 11.3 Å². The molecule has 0 aliphatic carbocycles. The minimum Gasteiger partial charge on any atom is -0.490 e. The third-order valence-electron chi connectivity index (χ3n) is 2.22. The standard InChI is InChI=1S/C9H9N3O3/c1-11-5-10-6-3-4-7(15-2)9(8(6)11)12(13)14/h3-5H,1-2H3. The molecule has 1 heterocycles. The fourth-order valence-corrected chi connectivity index (χ4v) is 1.55. The Hall–Kier alpha value is -2.11. The lowest BCUT2D eigenvalue weighted by Gasteiger charge is -2.02. The molecule has 0 bridgehead atoms. The monoisotopic (exact) mass is 207 g/mol. The zero-order valence-corrected chi connectivity index (χ0v) is 8.30. The second-order valence-electron chi connectivity index (χ2n) is 3.10. The van der Waals surface area contributed by atoms with Crippen LogP contribution in [0.1, 0.15) is 0 Å². The van der Waals surface area contributed by atoms with Crippen LogP contribution in [-0.2, 0) is 7.05 Å². The molecule has 15 heavy (non-hydrogen) atoms. The Kier molecular flexibility index (Phi) is 2.03. The van der Waals surface area contributed by atoms with Crippen molar-refractivity contribution in [3.05, 3.63) is 28.6 Å². The number of aromatic nitrogens is 2. The lowest BCUT2D eigenvalue weighted by molar-refractivity contribution is -0.384. The second kappa shape index (κ2) is 3.23. The summed E-state index contributed by atoms with van der Waals surface area (Å²) in [6, 6.07) is 3.24. The summed E-state index contributed by atoms with van der Waals surface area (Å²) in [5.74, 6) is 0.246. The van der Waals surface area contributed by atoms with Crippen molar-refractivity contribution in [2.75, 3.05) is 7.11 Å². The van der Waals surface area contributed by atoms with Gasteiger partial charge in [-0.25, -0.2) is 4.98 Å². The molecular formula is C9H9N3O3. The van der Waals surface area contributed by atoms with Crippen molar-refractivity contribution in [2.24, 2.45) is 7.05 Å². The SMILES string of the molecule is COc1ccc2ncn(C)c2c1[N+](=O)[O-]. The zero-order chi connectivity index (χ0) is 11.0. The lowest BCUT2D eigenvalue weighted by atomic mass is 10.2. The minimum absolute atomic E-state index is 0.0463. The van der Waals surface area contributed by atoms with Crippen LogP contribution >= 0.6 is 0 Å². The van der Waals surface area contributed by atoms with E-state index < -0.39 is 4.92 Å². The molecular weight excluding hydrogens is 198 g/mol. The largest absolute Gasteiger partial charge is 0.490 e. The summed E-state index contributed by atoms with van der Waals surface area (Å²) in [6.07, 6.45) is 1.54. The molecule has 0 atom stereocenters. The van der Waals surface area contributed by atoms with Gasteiger partial charge in [0, 0.05) is 7.05 Å². The third-order valence-corrected chi connectivity index (χ3v) is 2.22. The van der Waals surface area contributed by atoms with Crippen LogP contribution in [0.5, 0.6) is 5.75 Å². The first-order valence-corrected chi connectivity index (χ1v) is 4.27. The number of aryl methyl sites for hydroxylation is 1. The van der Waals surface area contributed by atoms with E-state index in [0.717, 1.165) is 0 Å². The van der Waals surface area contributed by atoms with Crippen molar-refractivity contribution in [3.63, 3.8) is 0 Å². The number of methoxy groups -OCH3 is 1. The first-order chi connectivity index (χ1) is 7.15. The van der Waals surface area contributed by atoms with Crippen molar-refractivity contribution >= 4 is 16.7 Å². The Morgan fingerprint density at radius 3 is 2.87 bits per heavy atom. The molecule has 0 saturated heterocycles. The molecule has 0 radical (unpaired) electrons. The van der Waals surface area contributed by atoms with Crippen LogP contribution in [0.15, 0.2) is 18.5 Å². The lowest BCUT2D eigenvalue weighted by Crippen LogP contribution is -1.97. The Morgan fingerprint density at radius 2 is 2.27 bits per heavy atom. The molecule has 78 valence electrons. The van der Waals surface area contributed by atoms with E-state index in [0.29, 0.717) is 11.0 Å². The average molecular weight is 207 g/mol. The van der Waals surface area contributed by atoms with Crippen LogP contribution in [-0.4, -0.2) is 21.6 Å². The van der Waals surface area contributed by atoms with E-state index in [1.165, 1.54) is 13.4 Å². The molecule has 0 aliphatic rings. The molecule has 0 unspecified atom stereocenters. The number of nitro groups is 1. The van der Waals surface area contributed by atoms with Crippen LogP contribution in [0.2, 0.25) is 0 Å². The van der Waals surface area contributed by atoms with Crippen LogP contribution < -0.4 is 4.74 Å². The summed E-state index contributed by atoms with van der Waals surface area (Å²) < 4.78 is 6.56. The molecule has 6 nitrogen and oxygen atoms in total. The first-order valence-electron chi connectivity index (χ1n) is 4.27. The summed E-state index contributed by atoms with van der Waals surface area (Å²) in [6.45, 7) is 0. The third kappa shape index (κ3) is 1.30. The smallest absolute Gasteiger partial charge is 0.336 e. The quantitative estimate of drug-likeness (QED) is 0.552. The highest BCUT2D eigenvalue weighted by molar-refractivity contribution is 5.88. The van der Waals surface area contributed by atoms with Gasteiger partial charge in [-0.05, 0) is 12.1 Å². The van der Waals surface area contributed by atoms with E-state index >= 15 is 0 Å². The highest BCUT2D eigenvalue weighted by Gasteiger charge is 2.22. The van der Waals surface area contributed by atoms with Gasteiger partial charge in [-0.15, -0.1) is 0 Å². The fourth-order valence-electron chi connectivity index (χ4n) is 1.55. The van der Waals surface area contributed by atoms with Gasteiger partial charge in [0.2, 0.25) is 0 Å². The maximum Gasteiger partial charge on any atom is 0.336 e. The van der Waals surface area contributed by atoms with Crippen molar-refractivity contribution in [2.45, 2.75) is 0 Å². The Balaban J connectivity index is 2.89. The van der Waals surface area contributed by atoms with Gasteiger partial charge < -0.3 is 9.30 Å². The summed E-state index contributed by atoms with van der Waals surface area (Å²) in [5.41, 5.74) is 1.01. The topological polar surface area (TPSA) is 70.2 Å². The summed E-state index contributed by atoms with van der Waals surface area (Å²) >= 11 is 0. The van der Waals surface area contributed by atoms with E-state index in [2.05, 4.69) is 4.98 Å². The van der Waals surface area contributed by atoms with Gasteiger partial charge in [-0.2, -0.15) is 0 Å². The van der Waals surface area contributed by atoms with E-state index in [-0.39, 0.29) is 11.4 Å². The zero-order valence-electron chi connectivity index (χ0n) is 8.30. The fraction of sp³-hybridized carbons (Fsp3) is 0.222. The molecule has 0 spiro atoms. The van der Waals surface area contributed by atoms with Gasteiger partial charge in [-0.1, -0.05) is 0 Å². The highest BCUT2D eigenvalue weighted by Crippen LogP contribution is 2.33. The Labute approximate surface area is 85.2 Å². The molecule has 1 aromatic carbocycles. The van der Waals surface area contributed by atoms with Crippen molar-refractivity contribution in [1.82, 2.24) is 9.55 Å². The van der Waals surface area contributed by atoms with E-state index in [9.17, 15) is 10.1 Å². The predicted molar refractivity (Wildman–Crippen MR) is 53.9 cm³/mol. The summed E-state index contributed by atoms with van der Waals surface area (Å²) in [7, 11) is 3.12. The maximum atomic E-state index is 10.9. The number of hydrogen-bond donors (Lipinski definition) is 0. The number of benzene rings is 1. The average Bonchev–Trinajstić information content (AvgIpc) is 2.59. The van der Waals surface area contributed by atoms with Crippen molar-refractivity contribution in [1.29, 1.82) is 0 Å². The molecule has 0 N–H and O–H groups in total. The molecule has 0 fully saturated rings. The van der Waals surface area contributed by atoms with Gasteiger partial charge in [0.25, 0.3) is 0 Å². The number of imidazole rings is 1. The number of ether oxygens (including phenoxy) is 1.